The van der Waals surface area contributed by atoms with Gasteiger partial charge >= 0.3 is 0 Å². The van der Waals surface area contributed by atoms with Crippen molar-refractivity contribution in [3.63, 3.8) is 0 Å². The number of benzene rings is 2. The lowest BCUT2D eigenvalue weighted by molar-refractivity contribution is -0.0686. The van der Waals surface area contributed by atoms with Crippen LogP contribution in [-0.2, 0) is 4.74 Å². The molecule has 0 saturated carbocycles. The lowest BCUT2D eigenvalue weighted by Gasteiger charge is -2.44. The van der Waals surface area contributed by atoms with Crippen LogP contribution in [-0.4, -0.2) is 12.5 Å². The molecular weight excluding hydrogens is 248 g/mol. The van der Waals surface area contributed by atoms with Crippen LogP contribution < -0.4 is 10.6 Å². The Labute approximate surface area is 120 Å². The van der Waals surface area contributed by atoms with Crippen LogP contribution in [0.5, 0.6) is 0 Å². The fraction of sp³-hybridized carbons (Fsp3) is 0.294. The molecule has 1 unspecified atom stereocenters. The van der Waals surface area contributed by atoms with Crippen molar-refractivity contribution in [2.75, 3.05) is 11.5 Å². The number of anilines is 2. The molecule has 104 valence electrons. The van der Waals surface area contributed by atoms with E-state index < -0.39 is 5.85 Å². The van der Waals surface area contributed by atoms with Crippen molar-refractivity contribution >= 4 is 11.4 Å². The SMILES string of the molecule is NC1(N(c2ccccc2)c2ccccc2)CCCCO1. The first-order valence-electron chi connectivity index (χ1n) is 7.13. The van der Waals surface area contributed by atoms with E-state index in [2.05, 4.69) is 29.2 Å². The van der Waals surface area contributed by atoms with Gasteiger partial charge in [0, 0.05) is 17.8 Å². The summed E-state index contributed by atoms with van der Waals surface area (Å²) in [5.74, 6) is -0.763. The van der Waals surface area contributed by atoms with E-state index in [0.29, 0.717) is 6.61 Å². The summed E-state index contributed by atoms with van der Waals surface area (Å²) in [5, 5.41) is 0. The maximum Gasteiger partial charge on any atom is 0.199 e. The summed E-state index contributed by atoms with van der Waals surface area (Å²) in [6, 6.07) is 20.4. The molecule has 0 radical (unpaired) electrons. The maximum atomic E-state index is 6.57. The third kappa shape index (κ3) is 2.55. The third-order valence-corrected chi connectivity index (χ3v) is 3.69. The van der Waals surface area contributed by atoms with Crippen LogP contribution >= 0.6 is 0 Å². The van der Waals surface area contributed by atoms with E-state index in [1.807, 2.05) is 36.4 Å². The minimum absolute atomic E-state index is 0.715. The second kappa shape index (κ2) is 5.65. The van der Waals surface area contributed by atoms with Crippen LogP contribution in [0.1, 0.15) is 19.3 Å². The first-order chi connectivity index (χ1) is 9.80. The van der Waals surface area contributed by atoms with Gasteiger partial charge in [0.05, 0.1) is 6.61 Å². The number of nitrogens with two attached hydrogens (primary N) is 1. The number of ether oxygens (including phenoxy) is 1. The molecule has 2 aromatic rings. The quantitative estimate of drug-likeness (QED) is 0.864. The molecule has 3 heteroatoms. The summed E-state index contributed by atoms with van der Waals surface area (Å²) in [6.45, 7) is 0.715. The van der Waals surface area contributed by atoms with E-state index in [-0.39, 0.29) is 0 Å². The van der Waals surface area contributed by atoms with E-state index in [0.717, 1.165) is 30.6 Å². The topological polar surface area (TPSA) is 38.5 Å². The standard InChI is InChI=1S/C17H20N2O/c18-17(13-7-8-14-20-17)19(15-9-3-1-4-10-15)16-11-5-2-6-12-16/h1-6,9-12H,7-8,13-14,18H2. The van der Waals surface area contributed by atoms with Crippen LogP contribution in [0.4, 0.5) is 11.4 Å². The largest absolute Gasteiger partial charge is 0.342 e. The zero-order valence-corrected chi connectivity index (χ0v) is 11.5. The Morgan fingerprint density at radius 1 is 0.850 bits per heavy atom. The number of hydrogen-bond donors (Lipinski definition) is 1. The van der Waals surface area contributed by atoms with Gasteiger partial charge in [-0.2, -0.15) is 0 Å². The number of para-hydroxylation sites is 2. The van der Waals surface area contributed by atoms with Gasteiger partial charge in [-0.15, -0.1) is 0 Å². The van der Waals surface area contributed by atoms with Crippen molar-refractivity contribution in [1.82, 2.24) is 0 Å². The first kappa shape index (κ1) is 13.2. The van der Waals surface area contributed by atoms with E-state index >= 15 is 0 Å². The molecule has 1 atom stereocenters. The van der Waals surface area contributed by atoms with Crippen LogP contribution in [0.3, 0.4) is 0 Å². The van der Waals surface area contributed by atoms with Gasteiger partial charge in [0.25, 0.3) is 0 Å². The van der Waals surface area contributed by atoms with Crippen molar-refractivity contribution < 1.29 is 4.74 Å². The molecule has 3 nitrogen and oxygen atoms in total. The fourth-order valence-corrected chi connectivity index (χ4v) is 2.72. The fourth-order valence-electron chi connectivity index (χ4n) is 2.72. The highest BCUT2D eigenvalue weighted by Crippen LogP contribution is 2.35. The van der Waals surface area contributed by atoms with Gasteiger partial charge in [0.1, 0.15) is 0 Å². The van der Waals surface area contributed by atoms with Crippen molar-refractivity contribution in [2.24, 2.45) is 5.73 Å². The van der Waals surface area contributed by atoms with Gasteiger partial charge in [0.2, 0.25) is 0 Å². The first-order valence-corrected chi connectivity index (χ1v) is 7.13. The lowest BCUT2D eigenvalue weighted by atomic mass is 10.1. The Hall–Kier alpha value is -1.84. The predicted molar refractivity (Wildman–Crippen MR) is 81.7 cm³/mol. The molecule has 0 bridgehead atoms. The van der Waals surface area contributed by atoms with Gasteiger partial charge < -0.3 is 9.64 Å². The molecule has 20 heavy (non-hydrogen) atoms. The Morgan fingerprint density at radius 3 is 1.85 bits per heavy atom. The van der Waals surface area contributed by atoms with Crippen molar-refractivity contribution in [2.45, 2.75) is 25.1 Å². The lowest BCUT2D eigenvalue weighted by Crippen LogP contribution is -2.57. The average Bonchev–Trinajstić information content (AvgIpc) is 2.50. The van der Waals surface area contributed by atoms with E-state index in [4.69, 9.17) is 10.5 Å². The van der Waals surface area contributed by atoms with Crippen LogP contribution in [0.2, 0.25) is 0 Å². The molecule has 0 aromatic heterocycles. The Bertz CT molecular complexity index is 496. The Balaban J connectivity index is 2.04. The highest BCUT2D eigenvalue weighted by atomic mass is 16.5. The molecule has 0 amide bonds. The molecule has 2 N–H and O–H groups in total. The molecule has 3 rings (SSSR count). The molecule has 1 saturated heterocycles. The Kier molecular flexibility index (Phi) is 3.72. The number of nitrogens with zero attached hydrogens (tertiary/aromatic N) is 1. The van der Waals surface area contributed by atoms with Crippen LogP contribution in [0, 0.1) is 0 Å². The molecule has 1 aliphatic rings. The van der Waals surface area contributed by atoms with Crippen molar-refractivity contribution in [3.05, 3.63) is 60.7 Å². The zero-order valence-electron chi connectivity index (χ0n) is 11.5. The van der Waals surface area contributed by atoms with Crippen molar-refractivity contribution in [1.29, 1.82) is 0 Å². The van der Waals surface area contributed by atoms with Gasteiger partial charge in [-0.1, -0.05) is 36.4 Å². The molecule has 0 aliphatic carbocycles. The highest BCUT2D eigenvalue weighted by Gasteiger charge is 2.36. The molecular formula is C17H20N2O. The smallest absolute Gasteiger partial charge is 0.199 e. The number of hydrogen-bond acceptors (Lipinski definition) is 3. The second-order valence-electron chi connectivity index (χ2n) is 5.16. The van der Waals surface area contributed by atoms with Crippen LogP contribution in [0.15, 0.2) is 60.7 Å². The van der Waals surface area contributed by atoms with Crippen molar-refractivity contribution in [3.8, 4) is 0 Å². The summed E-state index contributed by atoms with van der Waals surface area (Å²) in [5.41, 5.74) is 8.69. The summed E-state index contributed by atoms with van der Waals surface area (Å²) in [7, 11) is 0. The van der Waals surface area contributed by atoms with E-state index in [9.17, 15) is 0 Å². The average molecular weight is 268 g/mol. The zero-order chi connectivity index (χ0) is 13.8. The van der Waals surface area contributed by atoms with Gasteiger partial charge in [-0.05, 0) is 37.1 Å². The summed E-state index contributed by atoms with van der Waals surface area (Å²) < 4.78 is 5.94. The summed E-state index contributed by atoms with van der Waals surface area (Å²) in [4.78, 5) is 2.10. The molecule has 1 heterocycles. The van der Waals surface area contributed by atoms with Crippen LogP contribution in [0.25, 0.3) is 0 Å². The molecule has 1 aliphatic heterocycles. The Morgan fingerprint density at radius 2 is 1.40 bits per heavy atom. The highest BCUT2D eigenvalue weighted by molar-refractivity contribution is 5.64. The monoisotopic (exact) mass is 268 g/mol. The molecule has 0 spiro atoms. The molecule has 1 fully saturated rings. The third-order valence-electron chi connectivity index (χ3n) is 3.69. The van der Waals surface area contributed by atoms with E-state index in [1.165, 1.54) is 0 Å². The predicted octanol–water partition coefficient (Wildman–Crippen LogP) is 3.64. The maximum absolute atomic E-state index is 6.57. The number of rotatable bonds is 3. The minimum Gasteiger partial charge on any atom is -0.342 e. The minimum atomic E-state index is -0.763. The summed E-state index contributed by atoms with van der Waals surface area (Å²) >= 11 is 0. The van der Waals surface area contributed by atoms with Gasteiger partial charge in [0.15, 0.2) is 5.85 Å². The summed E-state index contributed by atoms with van der Waals surface area (Å²) in [6.07, 6.45) is 3.00. The van der Waals surface area contributed by atoms with Gasteiger partial charge in [-0.25, -0.2) is 0 Å². The normalized spacial score (nSPS) is 22.4. The van der Waals surface area contributed by atoms with E-state index in [1.54, 1.807) is 0 Å². The molecule has 2 aromatic carbocycles. The van der Waals surface area contributed by atoms with Gasteiger partial charge in [-0.3, -0.25) is 5.73 Å². The second-order valence-corrected chi connectivity index (χ2v) is 5.16.